The molecule has 1 heterocycles. The van der Waals surface area contributed by atoms with E-state index in [9.17, 15) is 22.4 Å². The average Bonchev–Trinajstić information content (AvgIpc) is 2.94. The molecule has 0 atom stereocenters. The van der Waals surface area contributed by atoms with Gasteiger partial charge < -0.3 is 10.3 Å². The zero-order chi connectivity index (χ0) is 19.3. The van der Waals surface area contributed by atoms with Crippen molar-refractivity contribution in [3.8, 4) is 0 Å². The predicted molar refractivity (Wildman–Crippen MR) is 93.3 cm³/mol. The van der Waals surface area contributed by atoms with Crippen LogP contribution in [0.1, 0.15) is 15.9 Å². The lowest BCUT2D eigenvalue weighted by Crippen LogP contribution is -2.11. The van der Waals surface area contributed by atoms with Crippen molar-refractivity contribution >= 4 is 27.7 Å². The van der Waals surface area contributed by atoms with E-state index in [0.717, 1.165) is 6.07 Å². The quantitative estimate of drug-likeness (QED) is 0.418. The minimum Gasteiger partial charge on any atom is -0.366 e. The van der Waals surface area contributed by atoms with Gasteiger partial charge in [-0.2, -0.15) is 0 Å². The van der Waals surface area contributed by atoms with Gasteiger partial charge in [-0.15, -0.1) is 0 Å². The van der Waals surface area contributed by atoms with E-state index in [4.69, 9.17) is 5.73 Å². The van der Waals surface area contributed by atoms with Crippen molar-refractivity contribution in [2.75, 3.05) is 0 Å². The molecular formula is C20H12F4N2O. The van der Waals surface area contributed by atoms with Crippen molar-refractivity contribution in [2.45, 2.75) is 6.54 Å². The van der Waals surface area contributed by atoms with Crippen molar-refractivity contribution < 1.29 is 22.4 Å². The third kappa shape index (κ3) is 2.63. The van der Waals surface area contributed by atoms with Gasteiger partial charge in [-0.05, 0) is 42.5 Å². The van der Waals surface area contributed by atoms with Crippen LogP contribution in [0.4, 0.5) is 17.6 Å². The highest BCUT2D eigenvalue weighted by Gasteiger charge is 2.20. The SMILES string of the molecule is NC(=O)c1cccc2c1c1ccc(F)cc1n2Cc1c(F)ccc(F)c1F. The molecule has 1 aromatic heterocycles. The summed E-state index contributed by atoms with van der Waals surface area (Å²) < 4.78 is 57.2. The van der Waals surface area contributed by atoms with Gasteiger partial charge in [0.25, 0.3) is 0 Å². The monoisotopic (exact) mass is 372 g/mol. The molecule has 0 saturated heterocycles. The van der Waals surface area contributed by atoms with E-state index in [1.807, 2.05) is 0 Å². The molecule has 4 aromatic rings. The maximum atomic E-state index is 14.2. The van der Waals surface area contributed by atoms with Gasteiger partial charge in [0, 0.05) is 21.9 Å². The van der Waals surface area contributed by atoms with Crippen LogP contribution in [0.3, 0.4) is 0 Å². The first-order chi connectivity index (χ1) is 12.9. The maximum Gasteiger partial charge on any atom is 0.249 e. The highest BCUT2D eigenvalue weighted by atomic mass is 19.2. The van der Waals surface area contributed by atoms with Gasteiger partial charge in [-0.1, -0.05) is 6.07 Å². The Balaban J connectivity index is 2.08. The third-order valence-electron chi connectivity index (χ3n) is 4.57. The summed E-state index contributed by atoms with van der Waals surface area (Å²) in [5.41, 5.74) is 5.87. The summed E-state index contributed by atoms with van der Waals surface area (Å²) in [4.78, 5) is 11.8. The number of aromatic nitrogens is 1. The number of benzene rings is 3. The van der Waals surface area contributed by atoms with Crippen LogP contribution in [-0.4, -0.2) is 10.5 Å². The van der Waals surface area contributed by atoms with Gasteiger partial charge in [0.15, 0.2) is 11.6 Å². The lowest BCUT2D eigenvalue weighted by Gasteiger charge is -2.10. The van der Waals surface area contributed by atoms with Crippen molar-refractivity contribution in [3.05, 3.63) is 82.9 Å². The molecule has 0 radical (unpaired) electrons. The summed E-state index contributed by atoms with van der Waals surface area (Å²) in [6, 6.07) is 10.1. The van der Waals surface area contributed by atoms with Gasteiger partial charge >= 0.3 is 0 Å². The third-order valence-corrected chi connectivity index (χ3v) is 4.57. The molecule has 0 aliphatic heterocycles. The fraction of sp³-hybridized carbons (Fsp3) is 0.0500. The molecular weight excluding hydrogens is 360 g/mol. The van der Waals surface area contributed by atoms with Crippen LogP contribution in [-0.2, 0) is 6.54 Å². The zero-order valence-electron chi connectivity index (χ0n) is 13.8. The second-order valence-corrected chi connectivity index (χ2v) is 6.13. The summed E-state index contributed by atoms with van der Waals surface area (Å²) in [6.45, 7) is -0.388. The molecule has 3 nitrogen and oxygen atoms in total. The second kappa shape index (κ2) is 6.12. The molecule has 0 aliphatic rings. The number of carbonyl (C=O) groups is 1. The first kappa shape index (κ1) is 17.1. The predicted octanol–water partition coefficient (Wildman–Crippen LogP) is 4.50. The molecule has 0 spiro atoms. The number of rotatable bonds is 3. The number of hydrogen-bond donors (Lipinski definition) is 1. The van der Waals surface area contributed by atoms with Crippen molar-refractivity contribution in [3.63, 3.8) is 0 Å². The largest absolute Gasteiger partial charge is 0.366 e. The minimum atomic E-state index is -1.31. The Morgan fingerprint density at radius 1 is 0.926 bits per heavy atom. The van der Waals surface area contributed by atoms with Crippen molar-refractivity contribution in [1.82, 2.24) is 4.57 Å². The molecule has 27 heavy (non-hydrogen) atoms. The first-order valence-corrected chi connectivity index (χ1v) is 8.01. The molecule has 0 saturated carbocycles. The molecule has 7 heteroatoms. The summed E-state index contributed by atoms with van der Waals surface area (Å²) >= 11 is 0. The van der Waals surface area contributed by atoms with Crippen LogP contribution >= 0.6 is 0 Å². The number of hydrogen-bond acceptors (Lipinski definition) is 1. The molecule has 136 valence electrons. The van der Waals surface area contributed by atoms with E-state index in [0.29, 0.717) is 27.9 Å². The van der Waals surface area contributed by atoms with E-state index in [1.54, 1.807) is 12.1 Å². The number of primary amides is 1. The maximum absolute atomic E-state index is 14.2. The number of nitrogens with zero attached hydrogens (tertiary/aromatic N) is 1. The average molecular weight is 372 g/mol. The van der Waals surface area contributed by atoms with Crippen LogP contribution < -0.4 is 5.73 Å². The van der Waals surface area contributed by atoms with Gasteiger partial charge in [0.2, 0.25) is 5.91 Å². The van der Waals surface area contributed by atoms with E-state index < -0.39 is 34.7 Å². The fourth-order valence-electron chi connectivity index (χ4n) is 3.37. The normalized spacial score (nSPS) is 11.4. The van der Waals surface area contributed by atoms with Crippen LogP contribution in [0.25, 0.3) is 21.8 Å². The molecule has 0 unspecified atom stereocenters. The summed E-state index contributed by atoms with van der Waals surface area (Å²) in [5, 5.41) is 0.940. The first-order valence-electron chi connectivity index (χ1n) is 8.01. The van der Waals surface area contributed by atoms with Crippen molar-refractivity contribution in [1.29, 1.82) is 0 Å². The lowest BCUT2D eigenvalue weighted by atomic mass is 10.1. The number of halogens is 4. The highest BCUT2D eigenvalue weighted by Crippen LogP contribution is 2.33. The van der Waals surface area contributed by atoms with Crippen LogP contribution in [0, 0.1) is 23.3 Å². The van der Waals surface area contributed by atoms with Crippen molar-refractivity contribution in [2.24, 2.45) is 5.73 Å². The molecule has 3 aromatic carbocycles. The minimum absolute atomic E-state index is 0.197. The summed E-state index contributed by atoms with van der Waals surface area (Å²) in [7, 11) is 0. The summed E-state index contributed by atoms with van der Waals surface area (Å²) in [6.07, 6.45) is 0. The van der Waals surface area contributed by atoms with E-state index >= 15 is 0 Å². The Morgan fingerprint density at radius 2 is 1.67 bits per heavy atom. The van der Waals surface area contributed by atoms with Crippen LogP contribution in [0.2, 0.25) is 0 Å². The standard InChI is InChI=1S/C20H12F4N2O/c21-10-4-5-11-17(8-10)26(9-13-14(22)6-7-15(23)19(13)24)16-3-1-2-12(18(11)16)20(25)27/h1-8H,9H2,(H2,25,27). The lowest BCUT2D eigenvalue weighted by molar-refractivity contribution is 0.100. The highest BCUT2D eigenvalue weighted by molar-refractivity contribution is 6.17. The molecule has 0 fully saturated rings. The molecule has 2 N–H and O–H groups in total. The zero-order valence-corrected chi connectivity index (χ0v) is 13.8. The Hall–Kier alpha value is -3.35. The van der Waals surface area contributed by atoms with E-state index in [1.165, 1.54) is 28.8 Å². The number of nitrogens with two attached hydrogens (primary N) is 1. The van der Waals surface area contributed by atoms with Gasteiger partial charge in [0.05, 0.1) is 17.6 Å². The van der Waals surface area contributed by atoms with Gasteiger partial charge in [-0.25, -0.2) is 17.6 Å². The molecule has 4 rings (SSSR count). The second-order valence-electron chi connectivity index (χ2n) is 6.13. The Bertz CT molecular complexity index is 1230. The van der Waals surface area contributed by atoms with Gasteiger partial charge in [-0.3, -0.25) is 4.79 Å². The number of fused-ring (bicyclic) bond motifs is 3. The Labute approximate surface area is 150 Å². The van der Waals surface area contributed by atoms with E-state index in [2.05, 4.69) is 0 Å². The van der Waals surface area contributed by atoms with Crippen LogP contribution in [0.15, 0.2) is 48.5 Å². The Morgan fingerprint density at radius 3 is 2.41 bits per heavy atom. The summed E-state index contributed by atoms with van der Waals surface area (Å²) in [5.74, 6) is -4.67. The topological polar surface area (TPSA) is 48.0 Å². The molecule has 0 bridgehead atoms. The van der Waals surface area contributed by atoms with E-state index in [-0.39, 0.29) is 12.1 Å². The number of amides is 1. The Kier molecular flexibility index (Phi) is 3.87. The van der Waals surface area contributed by atoms with Gasteiger partial charge in [0.1, 0.15) is 11.6 Å². The van der Waals surface area contributed by atoms with Crippen LogP contribution in [0.5, 0.6) is 0 Å². The number of carbonyl (C=O) groups excluding carboxylic acids is 1. The smallest absolute Gasteiger partial charge is 0.249 e. The molecule has 0 aliphatic carbocycles. The fourth-order valence-corrected chi connectivity index (χ4v) is 3.37. The molecule has 1 amide bonds.